The maximum absolute atomic E-state index is 5.03. The van der Waals surface area contributed by atoms with Crippen LogP contribution in [0.3, 0.4) is 0 Å². The molecule has 0 bridgehead atoms. The summed E-state index contributed by atoms with van der Waals surface area (Å²) in [6, 6.07) is 4.44. The number of pyridine rings is 1. The van der Waals surface area contributed by atoms with E-state index in [1.807, 2.05) is 12.3 Å². The number of nitrogens with one attached hydrogen (secondary N) is 1. The van der Waals surface area contributed by atoms with Crippen molar-refractivity contribution in [2.45, 2.75) is 19.9 Å². The van der Waals surface area contributed by atoms with Crippen LogP contribution < -0.4 is 5.32 Å². The van der Waals surface area contributed by atoms with Crippen molar-refractivity contribution in [3.05, 3.63) is 30.1 Å². The Morgan fingerprint density at radius 2 is 2.27 bits per heavy atom. The summed E-state index contributed by atoms with van der Waals surface area (Å²) in [7, 11) is 1.72. The lowest BCUT2D eigenvalue weighted by molar-refractivity contribution is 0.192. The minimum Gasteiger partial charge on any atom is -0.383 e. The fourth-order valence-corrected chi connectivity index (χ4v) is 1.61. The first-order valence-corrected chi connectivity index (χ1v) is 5.38. The van der Waals surface area contributed by atoms with Crippen LogP contribution in [0.5, 0.6) is 0 Å². The van der Waals surface area contributed by atoms with Crippen molar-refractivity contribution in [3.8, 4) is 0 Å². The van der Waals surface area contributed by atoms with Gasteiger partial charge in [0.05, 0.1) is 6.61 Å². The van der Waals surface area contributed by atoms with Crippen LogP contribution in [0.2, 0.25) is 0 Å². The summed E-state index contributed by atoms with van der Waals surface area (Å²) >= 11 is 0. The summed E-state index contributed by atoms with van der Waals surface area (Å²) in [5, 5.41) is 3.47. The summed E-state index contributed by atoms with van der Waals surface area (Å²) < 4.78 is 5.03. The molecule has 3 heteroatoms. The highest BCUT2D eigenvalue weighted by atomic mass is 16.5. The molecule has 0 saturated carbocycles. The van der Waals surface area contributed by atoms with E-state index in [9.17, 15) is 0 Å². The lowest BCUT2D eigenvalue weighted by Crippen LogP contribution is -2.28. The Labute approximate surface area is 91.9 Å². The van der Waals surface area contributed by atoms with E-state index in [1.165, 1.54) is 5.56 Å². The molecule has 0 saturated heterocycles. The van der Waals surface area contributed by atoms with Crippen molar-refractivity contribution in [3.63, 3.8) is 0 Å². The van der Waals surface area contributed by atoms with Gasteiger partial charge in [-0.25, -0.2) is 0 Å². The number of hydrogen-bond donors (Lipinski definition) is 1. The van der Waals surface area contributed by atoms with E-state index >= 15 is 0 Å². The molecule has 0 aliphatic carbocycles. The minimum absolute atomic E-state index is 0.355. The molecule has 1 N–H and O–H groups in total. The van der Waals surface area contributed by atoms with Crippen LogP contribution in [0.1, 0.15) is 25.5 Å². The van der Waals surface area contributed by atoms with Crippen LogP contribution in [0.4, 0.5) is 0 Å². The van der Waals surface area contributed by atoms with Crippen LogP contribution >= 0.6 is 0 Å². The molecule has 15 heavy (non-hydrogen) atoms. The SMILES string of the molecule is COCCNC(c1cccnc1)C(C)C. The fraction of sp³-hybridized carbons (Fsp3) is 0.583. The summed E-state index contributed by atoms with van der Waals surface area (Å²) in [6.07, 6.45) is 3.72. The number of hydrogen-bond acceptors (Lipinski definition) is 3. The fourth-order valence-electron chi connectivity index (χ4n) is 1.61. The van der Waals surface area contributed by atoms with Crippen molar-refractivity contribution in [2.24, 2.45) is 5.92 Å². The zero-order chi connectivity index (χ0) is 11.1. The Hall–Kier alpha value is -0.930. The van der Waals surface area contributed by atoms with E-state index in [1.54, 1.807) is 13.3 Å². The molecule has 1 aromatic rings. The summed E-state index contributed by atoms with van der Waals surface area (Å²) in [4.78, 5) is 4.14. The van der Waals surface area contributed by atoms with Crippen molar-refractivity contribution >= 4 is 0 Å². The second-order valence-electron chi connectivity index (χ2n) is 3.95. The molecule has 3 nitrogen and oxygen atoms in total. The van der Waals surface area contributed by atoms with Crippen LogP contribution in [-0.2, 0) is 4.74 Å². The third-order valence-electron chi connectivity index (χ3n) is 2.38. The molecular formula is C12H20N2O. The lowest BCUT2D eigenvalue weighted by Gasteiger charge is -2.22. The van der Waals surface area contributed by atoms with Crippen molar-refractivity contribution in [1.29, 1.82) is 0 Å². The third kappa shape index (κ3) is 3.98. The van der Waals surface area contributed by atoms with Gasteiger partial charge in [-0.05, 0) is 17.5 Å². The Bertz CT molecular complexity index is 262. The second kappa shape index (κ2) is 6.53. The zero-order valence-electron chi connectivity index (χ0n) is 9.73. The first kappa shape index (κ1) is 12.1. The minimum atomic E-state index is 0.355. The van der Waals surface area contributed by atoms with Crippen molar-refractivity contribution < 1.29 is 4.74 Å². The van der Waals surface area contributed by atoms with Gasteiger partial charge in [0.2, 0.25) is 0 Å². The standard InChI is InChI=1S/C12H20N2O/c1-10(2)12(14-7-8-15-3)11-5-4-6-13-9-11/h4-6,9-10,12,14H,7-8H2,1-3H3. The zero-order valence-corrected chi connectivity index (χ0v) is 9.73. The van der Waals surface area contributed by atoms with Gasteiger partial charge in [-0.3, -0.25) is 4.98 Å². The first-order chi connectivity index (χ1) is 7.25. The normalized spacial score (nSPS) is 13.1. The average Bonchev–Trinajstić information content (AvgIpc) is 2.25. The topological polar surface area (TPSA) is 34.1 Å². The molecule has 1 rings (SSSR count). The molecular weight excluding hydrogens is 188 g/mol. The predicted molar refractivity (Wildman–Crippen MR) is 61.7 cm³/mol. The van der Waals surface area contributed by atoms with E-state index in [-0.39, 0.29) is 0 Å². The van der Waals surface area contributed by atoms with Gasteiger partial charge in [0.15, 0.2) is 0 Å². The predicted octanol–water partition coefficient (Wildman–Crippen LogP) is 2.01. The highest BCUT2D eigenvalue weighted by molar-refractivity contribution is 5.14. The maximum atomic E-state index is 5.03. The Kier molecular flexibility index (Phi) is 5.29. The van der Waals surface area contributed by atoms with E-state index < -0.39 is 0 Å². The molecule has 1 unspecified atom stereocenters. The van der Waals surface area contributed by atoms with Gasteiger partial charge in [-0.15, -0.1) is 0 Å². The second-order valence-corrected chi connectivity index (χ2v) is 3.95. The van der Waals surface area contributed by atoms with E-state index in [4.69, 9.17) is 4.74 Å². The van der Waals surface area contributed by atoms with Gasteiger partial charge in [0, 0.05) is 32.1 Å². The van der Waals surface area contributed by atoms with Gasteiger partial charge in [-0.2, -0.15) is 0 Å². The highest BCUT2D eigenvalue weighted by Gasteiger charge is 2.14. The largest absolute Gasteiger partial charge is 0.383 e. The van der Waals surface area contributed by atoms with E-state index in [0.717, 1.165) is 13.2 Å². The Balaban J connectivity index is 2.58. The number of rotatable bonds is 6. The van der Waals surface area contributed by atoms with Crippen LogP contribution in [0, 0.1) is 5.92 Å². The molecule has 84 valence electrons. The number of aromatic nitrogens is 1. The molecule has 0 fully saturated rings. The van der Waals surface area contributed by atoms with Gasteiger partial charge < -0.3 is 10.1 Å². The lowest BCUT2D eigenvalue weighted by atomic mass is 9.97. The van der Waals surface area contributed by atoms with Gasteiger partial charge in [-0.1, -0.05) is 19.9 Å². The smallest absolute Gasteiger partial charge is 0.0587 e. The molecule has 0 aromatic carbocycles. The van der Waals surface area contributed by atoms with Gasteiger partial charge in [0.25, 0.3) is 0 Å². The molecule has 0 amide bonds. The Morgan fingerprint density at radius 3 is 2.80 bits per heavy atom. The van der Waals surface area contributed by atoms with Gasteiger partial charge in [0.1, 0.15) is 0 Å². The molecule has 1 atom stereocenters. The highest BCUT2D eigenvalue weighted by Crippen LogP contribution is 2.19. The monoisotopic (exact) mass is 208 g/mol. The molecule has 1 aromatic heterocycles. The quantitative estimate of drug-likeness (QED) is 0.726. The average molecular weight is 208 g/mol. The van der Waals surface area contributed by atoms with Crippen LogP contribution in [0.25, 0.3) is 0 Å². The van der Waals surface area contributed by atoms with Crippen LogP contribution in [-0.4, -0.2) is 25.2 Å². The molecule has 1 heterocycles. The number of nitrogens with zero attached hydrogens (tertiary/aromatic N) is 1. The van der Waals surface area contributed by atoms with Crippen LogP contribution in [0.15, 0.2) is 24.5 Å². The number of methoxy groups -OCH3 is 1. The molecule has 0 aliphatic rings. The number of ether oxygens (including phenoxy) is 1. The molecule has 0 radical (unpaired) electrons. The van der Waals surface area contributed by atoms with Gasteiger partial charge >= 0.3 is 0 Å². The summed E-state index contributed by atoms with van der Waals surface area (Å²) in [5.74, 6) is 0.547. The van der Waals surface area contributed by atoms with Crippen molar-refractivity contribution in [1.82, 2.24) is 10.3 Å². The van der Waals surface area contributed by atoms with E-state index in [2.05, 4.69) is 30.2 Å². The third-order valence-corrected chi connectivity index (χ3v) is 2.38. The Morgan fingerprint density at radius 1 is 1.47 bits per heavy atom. The first-order valence-electron chi connectivity index (χ1n) is 5.38. The molecule has 0 spiro atoms. The maximum Gasteiger partial charge on any atom is 0.0587 e. The van der Waals surface area contributed by atoms with E-state index in [0.29, 0.717) is 12.0 Å². The summed E-state index contributed by atoms with van der Waals surface area (Å²) in [5.41, 5.74) is 1.24. The molecule has 0 aliphatic heterocycles. The summed E-state index contributed by atoms with van der Waals surface area (Å²) in [6.45, 7) is 6.02. The van der Waals surface area contributed by atoms with Crippen molar-refractivity contribution in [2.75, 3.05) is 20.3 Å².